The van der Waals surface area contributed by atoms with Crippen molar-refractivity contribution in [2.75, 3.05) is 5.32 Å². The summed E-state index contributed by atoms with van der Waals surface area (Å²) in [6.07, 6.45) is 1.79. The minimum absolute atomic E-state index is 0.634. The van der Waals surface area contributed by atoms with E-state index in [9.17, 15) is 0 Å². The maximum atomic E-state index is 4.66. The van der Waals surface area contributed by atoms with Gasteiger partial charge in [0.25, 0.3) is 0 Å². The van der Waals surface area contributed by atoms with E-state index in [1.54, 1.807) is 6.20 Å². The molecular weight excluding hydrogens is 296 g/mol. The van der Waals surface area contributed by atoms with Gasteiger partial charge in [-0.25, -0.2) is 9.97 Å². The summed E-state index contributed by atoms with van der Waals surface area (Å²) in [5, 5.41) is 3.34. The number of fused-ring (bicyclic) bond motifs is 1. The number of aryl methyl sites for hydroxylation is 1. The van der Waals surface area contributed by atoms with Gasteiger partial charge in [-0.2, -0.15) is 0 Å². The number of rotatable bonds is 3. The molecule has 0 aliphatic carbocycles. The Balaban J connectivity index is 1.73. The van der Waals surface area contributed by atoms with E-state index < -0.39 is 0 Å². The Hall–Kier alpha value is -3.27. The van der Waals surface area contributed by atoms with Crippen molar-refractivity contribution in [3.05, 3.63) is 78.5 Å². The first-order valence-electron chi connectivity index (χ1n) is 7.81. The Morgan fingerprint density at radius 3 is 2.42 bits per heavy atom. The van der Waals surface area contributed by atoms with Gasteiger partial charge in [0, 0.05) is 11.3 Å². The van der Waals surface area contributed by atoms with E-state index in [4.69, 9.17) is 0 Å². The summed E-state index contributed by atoms with van der Waals surface area (Å²) in [6.45, 7) is 2.07. The van der Waals surface area contributed by atoms with E-state index >= 15 is 0 Å². The van der Waals surface area contributed by atoms with Crippen LogP contribution in [0.3, 0.4) is 0 Å². The molecule has 0 amide bonds. The maximum Gasteiger partial charge on any atom is 0.180 e. The van der Waals surface area contributed by atoms with Crippen LogP contribution in [0.2, 0.25) is 0 Å². The summed E-state index contributed by atoms with van der Waals surface area (Å²) >= 11 is 0. The highest BCUT2D eigenvalue weighted by atomic mass is 15.0. The third kappa shape index (κ3) is 2.82. The summed E-state index contributed by atoms with van der Waals surface area (Å²) in [5.74, 6) is 0.760. The summed E-state index contributed by atoms with van der Waals surface area (Å²) < 4.78 is 0. The summed E-state index contributed by atoms with van der Waals surface area (Å²) in [7, 11) is 0. The Morgan fingerprint density at radius 2 is 1.58 bits per heavy atom. The minimum Gasteiger partial charge on any atom is -0.340 e. The molecule has 4 heteroatoms. The lowest BCUT2D eigenvalue weighted by Crippen LogP contribution is -1.98. The van der Waals surface area contributed by atoms with Gasteiger partial charge >= 0.3 is 0 Å². The van der Waals surface area contributed by atoms with Crippen molar-refractivity contribution in [2.24, 2.45) is 0 Å². The lowest BCUT2D eigenvalue weighted by atomic mass is 10.2. The van der Waals surface area contributed by atoms with E-state index in [0.717, 1.165) is 28.3 Å². The van der Waals surface area contributed by atoms with Crippen molar-refractivity contribution in [1.29, 1.82) is 0 Å². The summed E-state index contributed by atoms with van der Waals surface area (Å²) in [4.78, 5) is 13.7. The zero-order valence-electron chi connectivity index (χ0n) is 13.3. The number of nitrogens with zero attached hydrogens (tertiary/aromatic N) is 3. The van der Waals surface area contributed by atoms with E-state index in [2.05, 4.69) is 33.3 Å². The molecule has 4 aromatic rings. The number of hydrogen-bond donors (Lipinski definition) is 1. The van der Waals surface area contributed by atoms with Gasteiger partial charge in [0.15, 0.2) is 5.65 Å². The van der Waals surface area contributed by atoms with E-state index in [-0.39, 0.29) is 0 Å². The van der Waals surface area contributed by atoms with Gasteiger partial charge in [0.1, 0.15) is 11.3 Å². The third-order valence-electron chi connectivity index (χ3n) is 3.88. The number of benzene rings is 2. The van der Waals surface area contributed by atoms with Crippen LogP contribution in [-0.2, 0) is 0 Å². The molecule has 2 aromatic heterocycles. The van der Waals surface area contributed by atoms with Crippen LogP contribution in [0.1, 0.15) is 5.56 Å². The Morgan fingerprint density at radius 1 is 0.792 bits per heavy atom. The quantitative estimate of drug-likeness (QED) is 0.593. The van der Waals surface area contributed by atoms with E-state index in [1.807, 2.05) is 60.7 Å². The van der Waals surface area contributed by atoms with Crippen LogP contribution in [-0.4, -0.2) is 15.0 Å². The van der Waals surface area contributed by atoms with Crippen molar-refractivity contribution in [3.8, 4) is 11.3 Å². The van der Waals surface area contributed by atoms with Crippen LogP contribution >= 0.6 is 0 Å². The molecule has 0 atom stereocenters. The number of aromatic nitrogens is 3. The lowest BCUT2D eigenvalue weighted by Gasteiger charge is -2.09. The molecule has 1 N–H and O–H groups in total. The van der Waals surface area contributed by atoms with Gasteiger partial charge in [0.2, 0.25) is 0 Å². The fraction of sp³-hybridized carbons (Fsp3) is 0.0500. The van der Waals surface area contributed by atoms with Crippen LogP contribution in [0, 0.1) is 6.92 Å². The molecule has 0 spiro atoms. The zero-order valence-corrected chi connectivity index (χ0v) is 13.3. The predicted octanol–water partition coefficient (Wildman–Crippen LogP) is 4.74. The van der Waals surface area contributed by atoms with E-state index in [1.165, 1.54) is 5.56 Å². The molecule has 24 heavy (non-hydrogen) atoms. The molecule has 0 aliphatic heterocycles. The van der Waals surface area contributed by atoms with Crippen LogP contribution < -0.4 is 5.32 Å². The van der Waals surface area contributed by atoms with Crippen LogP contribution in [0.25, 0.3) is 22.4 Å². The van der Waals surface area contributed by atoms with Gasteiger partial charge in [-0.3, -0.25) is 4.98 Å². The van der Waals surface area contributed by atoms with Gasteiger partial charge in [0.05, 0.1) is 11.9 Å². The highest BCUT2D eigenvalue weighted by molar-refractivity contribution is 5.76. The Kier molecular flexibility index (Phi) is 3.63. The fourth-order valence-electron chi connectivity index (χ4n) is 2.57. The smallest absolute Gasteiger partial charge is 0.180 e. The third-order valence-corrected chi connectivity index (χ3v) is 3.88. The highest BCUT2D eigenvalue weighted by Gasteiger charge is 2.05. The SMILES string of the molecule is Cc1ccccc1Nc1ccc2ncc(-c3ccccc3)nc2n1. The average Bonchev–Trinajstić information content (AvgIpc) is 2.64. The van der Waals surface area contributed by atoms with Crippen LogP contribution in [0.4, 0.5) is 11.5 Å². The van der Waals surface area contributed by atoms with Crippen molar-refractivity contribution < 1.29 is 0 Å². The molecule has 0 radical (unpaired) electrons. The molecule has 0 bridgehead atoms. The standard InChI is InChI=1S/C20H16N4/c1-14-7-5-6-10-16(14)22-19-12-11-17-20(24-19)23-18(13-21-17)15-8-3-2-4-9-15/h2-13H,1H3,(H,22,23,24). The van der Waals surface area contributed by atoms with Gasteiger partial charge in [-0.05, 0) is 30.7 Å². The lowest BCUT2D eigenvalue weighted by molar-refractivity contribution is 1.22. The van der Waals surface area contributed by atoms with E-state index in [0.29, 0.717) is 5.65 Å². The molecule has 2 aromatic carbocycles. The molecule has 0 unspecified atom stereocenters. The molecule has 4 nitrogen and oxygen atoms in total. The fourth-order valence-corrected chi connectivity index (χ4v) is 2.57. The van der Waals surface area contributed by atoms with Gasteiger partial charge in [-0.1, -0.05) is 48.5 Å². The van der Waals surface area contributed by atoms with Gasteiger partial charge in [-0.15, -0.1) is 0 Å². The molecule has 4 rings (SSSR count). The molecule has 2 heterocycles. The Bertz CT molecular complexity index is 997. The molecule has 116 valence electrons. The van der Waals surface area contributed by atoms with Gasteiger partial charge < -0.3 is 5.32 Å². The van der Waals surface area contributed by atoms with Crippen LogP contribution in [0.5, 0.6) is 0 Å². The molecule has 0 saturated carbocycles. The van der Waals surface area contributed by atoms with Crippen molar-refractivity contribution >= 4 is 22.7 Å². The second-order valence-corrected chi connectivity index (χ2v) is 5.60. The molecular formula is C20H16N4. The van der Waals surface area contributed by atoms with Crippen molar-refractivity contribution in [3.63, 3.8) is 0 Å². The predicted molar refractivity (Wildman–Crippen MR) is 97.2 cm³/mol. The highest BCUT2D eigenvalue weighted by Crippen LogP contribution is 2.22. The molecule has 0 saturated heterocycles. The molecule has 0 fully saturated rings. The van der Waals surface area contributed by atoms with Crippen LogP contribution in [0.15, 0.2) is 72.9 Å². The Labute approximate surface area is 140 Å². The largest absolute Gasteiger partial charge is 0.340 e. The second kappa shape index (κ2) is 6.08. The first-order chi connectivity index (χ1) is 11.8. The number of hydrogen-bond acceptors (Lipinski definition) is 4. The first-order valence-corrected chi connectivity index (χ1v) is 7.81. The van der Waals surface area contributed by atoms with Crippen molar-refractivity contribution in [1.82, 2.24) is 15.0 Å². The second-order valence-electron chi connectivity index (χ2n) is 5.60. The molecule has 0 aliphatic rings. The minimum atomic E-state index is 0.634. The number of para-hydroxylation sites is 1. The average molecular weight is 312 g/mol. The number of anilines is 2. The summed E-state index contributed by atoms with van der Waals surface area (Å²) in [6, 6.07) is 22.0. The maximum absolute atomic E-state index is 4.66. The monoisotopic (exact) mass is 312 g/mol. The zero-order chi connectivity index (χ0) is 16.4. The topological polar surface area (TPSA) is 50.7 Å². The number of pyridine rings is 1. The summed E-state index contributed by atoms with van der Waals surface area (Å²) in [5.41, 5.74) is 5.48. The first kappa shape index (κ1) is 14.3. The normalized spacial score (nSPS) is 10.7. The van der Waals surface area contributed by atoms with Crippen molar-refractivity contribution in [2.45, 2.75) is 6.92 Å². The number of nitrogens with one attached hydrogen (secondary N) is 1.